The van der Waals surface area contributed by atoms with Gasteiger partial charge in [0.25, 0.3) is 9.24 Å². The van der Waals surface area contributed by atoms with E-state index in [1.54, 1.807) is 0 Å². The molecule has 1 aliphatic heterocycles. The Kier molecular flexibility index (Phi) is 4.98. The molecule has 10 heavy (non-hydrogen) atoms. The number of rotatable bonds is 0. The summed E-state index contributed by atoms with van der Waals surface area (Å²) in [5, 5.41) is 7.31. The normalized spacial score (nSPS) is 17.8. The Balaban J connectivity index is 0.000000162. The summed E-state index contributed by atoms with van der Waals surface area (Å²) in [4.78, 5) is 0. The molecule has 0 aliphatic carbocycles. The van der Waals surface area contributed by atoms with Crippen LogP contribution in [0.5, 0.6) is 0 Å². The second-order valence-electron chi connectivity index (χ2n) is 1.93. The summed E-state index contributed by atoms with van der Waals surface area (Å²) >= 11 is 0. The molecule has 0 radical (unpaired) electrons. The van der Waals surface area contributed by atoms with E-state index in [0.29, 0.717) is 0 Å². The van der Waals surface area contributed by atoms with Gasteiger partial charge in [-0.05, 0) is 25.9 Å². The summed E-state index contributed by atoms with van der Waals surface area (Å²) in [5.74, 6) is 0. The molecule has 0 aromatic heterocycles. The van der Waals surface area contributed by atoms with Crippen LogP contribution in [0.1, 0.15) is 12.8 Å². The van der Waals surface area contributed by atoms with Gasteiger partial charge in [-0.25, -0.2) is 5.14 Å². The van der Waals surface area contributed by atoms with Crippen molar-refractivity contribution in [2.75, 3.05) is 13.1 Å². The smallest absolute Gasteiger partial charge is 0.294 e. The zero-order chi connectivity index (χ0) is 8.04. The molecule has 0 aromatic rings. The fourth-order valence-electron chi connectivity index (χ4n) is 0.625. The summed E-state index contributed by atoms with van der Waals surface area (Å²) in [5.41, 5.74) is 0. The molecule has 3 N–H and O–H groups in total. The van der Waals surface area contributed by atoms with Gasteiger partial charge in [-0.3, -0.25) is 0 Å². The maximum atomic E-state index is 9.18. The third-order valence-corrected chi connectivity index (χ3v) is 0.957. The summed E-state index contributed by atoms with van der Waals surface area (Å²) < 4.78 is 18.4. The van der Waals surface area contributed by atoms with Gasteiger partial charge < -0.3 is 5.32 Å². The van der Waals surface area contributed by atoms with Crippen molar-refractivity contribution >= 4 is 19.9 Å². The molecular weight excluding hydrogens is 176 g/mol. The summed E-state index contributed by atoms with van der Waals surface area (Å²) in [6.07, 6.45) is 2.78. The highest BCUT2D eigenvalue weighted by Gasteiger charge is 1.93. The van der Waals surface area contributed by atoms with Crippen molar-refractivity contribution in [1.29, 1.82) is 0 Å². The quantitative estimate of drug-likeness (QED) is 0.515. The number of hydrogen-bond acceptors (Lipinski definition) is 3. The van der Waals surface area contributed by atoms with Crippen LogP contribution in [0.4, 0.5) is 0 Å². The predicted octanol–water partition coefficient (Wildman–Crippen LogP) is -0.201. The van der Waals surface area contributed by atoms with Gasteiger partial charge in [0.15, 0.2) is 0 Å². The van der Waals surface area contributed by atoms with Gasteiger partial charge in [-0.2, -0.15) is 8.42 Å². The van der Waals surface area contributed by atoms with E-state index in [9.17, 15) is 8.42 Å². The van der Waals surface area contributed by atoms with Crippen LogP contribution in [0.3, 0.4) is 0 Å². The van der Waals surface area contributed by atoms with Crippen LogP contribution in [0.2, 0.25) is 0 Å². The average molecular weight is 187 g/mol. The van der Waals surface area contributed by atoms with E-state index >= 15 is 0 Å². The van der Waals surface area contributed by atoms with Crippen LogP contribution in [-0.4, -0.2) is 21.5 Å². The summed E-state index contributed by atoms with van der Waals surface area (Å²) in [7, 11) is 0.586. The third kappa shape index (κ3) is 15.7. The highest BCUT2D eigenvalue weighted by atomic mass is 35.7. The van der Waals surface area contributed by atoms with Gasteiger partial charge in [-0.1, -0.05) is 0 Å². The fraction of sp³-hybridized carbons (Fsp3) is 1.00. The van der Waals surface area contributed by atoms with E-state index in [2.05, 4.69) is 21.1 Å². The van der Waals surface area contributed by atoms with Crippen molar-refractivity contribution in [1.82, 2.24) is 5.32 Å². The molecule has 0 unspecified atom stereocenters. The standard InChI is InChI=1S/C4H9N.ClH2NO2S/c1-2-4-5-3-1;1-5(2,3)4/h5H,1-4H2;(H2,2,3,4). The Labute approximate surface area is 65.3 Å². The largest absolute Gasteiger partial charge is 0.317 e. The van der Waals surface area contributed by atoms with Crippen molar-refractivity contribution in [3.63, 3.8) is 0 Å². The number of halogens is 1. The van der Waals surface area contributed by atoms with Crippen LogP contribution < -0.4 is 10.5 Å². The minimum Gasteiger partial charge on any atom is -0.317 e. The Morgan fingerprint density at radius 3 is 1.70 bits per heavy atom. The number of nitrogens with two attached hydrogens (primary N) is 1. The highest BCUT2D eigenvalue weighted by molar-refractivity contribution is 8.11. The Morgan fingerprint density at radius 1 is 1.30 bits per heavy atom. The van der Waals surface area contributed by atoms with Crippen molar-refractivity contribution in [3.8, 4) is 0 Å². The van der Waals surface area contributed by atoms with Crippen molar-refractivity contribution < 1.29 is 8.42 Å². The zero-order valence-electron chi connectivity index (χ0n) is 5.51. The van der Waals surface area contributed by atoms with Crippen LogP contribution in [-0.2, 0) is 9.24 Å². The monoisotopic (exact) mass is 186 g/mol. The SMILES string of the molecule is C1CCNC1.NS(=O)(=O)Cl. The first kappa shape index (κ1) is 10.2. The molecule has 0 amide bonds. The summed E-state index contributed by atoms with van der Waals surface area (Å²) in [6, 6.07) is 0. The molecule has 0 spiro atoms. The van der Waals surface area contributed by atoms with E-state index in [1.165, 1.54) is 25.9 Å². The van der Waals surface area contributed by atoms with Gasteiger partial charge in [0.2, 0.25) is 0 Å². The van der Waals surface area contributed by atoms with Gasteiger partial charge in [0, 0.05) is 10.7 Å². The fourth-order valence-corrected chi connectivity index (χ4v) is 0.625. The maximum absolute atomic E-state index is 9.18. The first-order valence-electron chi connectivity index (χ1n) is 2.93. The van der Waals surface area contributed by atoms with Crippen molar-refractivity contribution in [2.45, 2.75) is 12.8 Å². The summed E-state index contributed by atoms with van der Waals surface area (Å²) in [6.45, 7) is 2.50. The van der Waals surface area contributed by atoms with E-state index in [0.717, 1.165) is 0 Å². The molecular formula is C4H11ClN2O2S. The maximum Gasteiger partial charge on any atom is 0.294 e. The second kappa shape index (κ2) is 4.90. The molecule has 0 saturated carbocycles. The van der Waals surface area contributed by atoms with E-state index in [4.69, 9.17) is 0 Å². The molecule has 1 rings (SSSR count). The lowest BCUT2D eigenvalue weighted by Gasteiger charge is -1.76. The number of nitrogens with one attached hydrogen (secondary N) is 1. The molecule has 1 aliphatic rings. The van der Waals surface area contributed by atoms with E-state index in [1.807, 2.05) is 0 Å². The molecule has 62 valence electrons. The predicted molar refractivity (Wildman–Crippen MR) is 41.1 cm³/mol. The molecule has 1 saturated heterocycles. The zero-order valence-corrected chi connectivity index (χ0v) is 7.08. The second-order valence-corrected chi connectivity index (χ2v) is 4.17. The minimum atomic E-state index is -3.69. The molecule has 6 heteroatoms. The Bertz CT molecular complexity index is 148. The van der Waals surface area contributed by atoms with Gasteiger partial charge in [0.1, 0.15) is 0 Å². The topological polar surface area (TPSA) is 72.2 Å². The van der Waals surface area contributed by atoms with Gasteiger partial charge >= 0.3 is 0 Å². The lowest BCUT2D eigenvalue weighted by molar-refractivity contribution is 0.611. The van der Waals surface area contributed by atoms with Crippen LogP contribution >= 0.6 is 10.7 Å². The van der Waals surface area contributed by atoms with Crippen LogP contribution in [0.15, 0.2) is 0 Å². The van der Waals surface area contributed by atoms with Crippen molar-refractivity contribution in [2.24, 2.45) is 5.14 Å². The van der Waals surface area contributed by atoms with E-state index in [-0.39, 0.29) is 0 Å². The third-order valence-electron chi connectivity index (χ3n) is 0.957. The van der Waals surface area contributed by atoms with Crippen molar-refractivity contribution in [3.05, 3.63) is 0 Å². The Hall–Kier alpha value is 0.160. The molecule has 1 heterocycles. The first-order valence-corrected chi connectivity index (χ1v) is 5.30. The first-order chi connectivity index (χ1) is 4.50. The van der Waals surface area contributed by atoms with Crippen LogP contribution in [0, 0.1) is 0 Å². The molecule has 0 bridgehead atoms. The Morgan fingerprint density at radius 2 is 1.60 bits per heavy atom. The molecule has 4 nitrogen and oxygen atoms in total. The highest BCUT2D eigenvalue weighted by Crippen LogP contribution is 1.90. The molecule has 1 fully saturated rings. The lowest BCUT2D eigenvalue weighted by atomic mass is 10.4. The van der Waals surface area contributed by atoms with Crippen LogP contribution in [0.25, 0.3) is 0 Å². The minimum absolute atomic E-state index is 1.25. The van der Waals surface area contributed by atoms with E-state index < -0.39 is 9.24 Å². The lowest BCUT2D eigenvalue weighted by Crippen LogP contribution is -2.03. The molecule has 0 aromatic carbocycles. The molecule has 0 atom stereocenters. The van der Waals surface area contributed by atoms with Gasteiger partial charge in [0.05, 0.1) is 0 Å². The number of hydrogen-bond donors (Lipinski definition) is 2. The average Bonchev–Trinajstić information content (AvgIpc) is 2.07. The van der Waals surface area contributed by atoms with Gasteiger partial charge in [-0.15, -0.1) is 0 Å².